The molecule has 13 heteroatoms. The van der Waals surface area contributed by atoms with E-state index in [1.807, 2.05) is 29.7 Å². The second-order valence-electron chi connectivity index (χ2n) is 11.1. The number of hydrogen-bond donors (Lipinski definition) is 1. The van der Waals surface area contributed by atoms with Gasteiger partial charge in [-0.3, -0.25) is 0 Å². The van der Waals surface area contributed by atoms with Crippen LogP contribution >= 0.6 is 0 Å². The van der Waals surface area contributed by atoms with Crippen LogP contribution in [0.25, 0.3) is 11.4 Å². The van der Waals surface area contributed by atoms with Crippen molar-refractivity contribution in [2.45, 2.75) is 56.7 Å². The zero-order valence-electron chi connectivity index (χ0n) is 23.6. The molecule has 3 heterocycles. The number of aryl methyl sites for hydroxylation is 1. The van der Waals surface area contributed by atoms with Crippen LogP contribution in [-0.2, 0) is 14.8 Å². The molecule has 2 unspecified atom stereocenters. The fourth-order valence-corrected chi connectivity index (χ4v) is 6.86. The van der Waals surface area contributed by atoms with Crippen molar-refractivity contribution in [2.24, 2.45) is 0 Å². The predicted molar refractivity (Wildman–Crippen MR) is 152 cm³/mol. The van der Waals surface area contributed by atoms with E-state index < -0.39 is 29.3 Å². The summed E-state index contributed by atoms with van der Waals surface area (Å²) in [4.78, 5) is 9.09. The van der Waals surface area contributed by atoms with Crippen LogP contribution in [-0.4, -0.2) is 80.5 Å². The molecule has 0 saturated heterocycles. The Balaban J connectivity index is 1.86. The Labute approximate surface area is 231 Å². The van der Waals surface area contributed by atoms with E-state index >= 15 is 0 Å². The van der Waals surface area contributed by atoms with Gasteiger partial charge in [0, 0.05) is 34.1 Å². The molecule has 1 aliphatic heterocycles. The molecule has 0 radical (unpaired) electrons. The molecule has 3 atom stereocenters. The van der Waals surface area contributed by atoms with Gasteiger partial charge in [-0.25, -0.2) is 23.1 Å². The van der Waals surface area contributed by atoms with Crippen molar-refractivity contribution in [1.82, 2.24) is 29.5 Å². The second-order valence-corrected chi connectivity index (χ2v) is 18.8. The molecule has 0 fully saturated rings. The van der Waals surface area contributed by atoms with Crippen molar-refractivity contribution < 1.29 is 22.6 Å². The molecular weight excluding hydrogens is 536 g/mol. The molecule has 0 spiro atoms. The predicted octanol–water partition coefficient (Wildman–Crippen LogP) is 3.41. The lowest BCUT2D eigenvalue weighted by molar-refractivity contribution is 0.123. The van der Waals surface area contributed by atoms with Crippen LogP contribution < -0.4 is 14.2 Å². The van der Waals surface area contributed by atoms with Crippen LogP contribution in [0.2, 0.25) is 25.7 Å². The number of aromatic nitrogens is 5. The monoisotopic (exact) mass is 574 g/mol. The molecular formula is C26H38N6O5SSi. The number of benzene rings is 1. The summed E-state index contributed by atoms with van der Waals surface area (Å²) in [5, 5.41) is 8.18. The van der Waals surface area contributed by atoms with Crippen molar-refractivity contribution in [3.63, 3.8) is 0 Å². The quantitative estimate of drug-likeness (QED) is 0.342. The lowest BCUT2D eigenvalue weighted by Crippen LogP contribution is -2.40. The first-order valence-electron chi connectivity index (χ1n) is 13.0. The molecule has 1 aliphatic rings. The Bertz CT molecular complexity index is 1390. The number of ether oxygens (including phenoxy) is 3. The van der Waals surface area contributed by atoms with Crippen molar-refractivity contribution >= 4 is 18.1 Å². The highest BCUT2D eigenvalue weighted by molar-refractivity contribution is 7.90. The number of nitrogens with zero attached hydrogens (tertiary/aromatic N) is 5. The third-order valence-corrected chi connectivity index (χ3v) is 10.4. The van der Waals surface area contributed by atoms with E-state index in [0.717, 1.165) is 11.6 Å². The van der Waals surface area contributed by atoms with Gasteiger partial charge in [0.1, 0.15) is 29.8 Å². The summed E-state index contributed by atoms with van der Waals surface area (Å²) >= 11 is 0. The van der Waals surface area contributed by atoms with Crippen LogP contribution in [0.1, 0.15) is 36.1 Å². The topological polar surface area (TPSA) is 130 Å². The maximum absolute atomic E-state index is 13.6. The van der Waals surface area contributed by atoms with E-state index in [4.69, 9.17) is 14.2 Å². The van der Waals surface area contributed by atoms with Crippen LogP contribution in [0.15, 0.2) is 30.6 Å². The minimum absolute atomic E-state index is 0.280. The fraction of sp³-hybridized carbons (Fsp3) is 0.538. The van der Waals surface area contributed by atoms with Crippen molar-refractivity contribution in [2.75, 3.05) is 34.0 Å². The van der Waals surface area contributed by atoms with Gasteiger partial charge in [-0.2, -0.15) is 0 Å². The van der Waals surface area contributed by atoms with Gasteiger partial charge in [-0.05, 0) is 43.7 Å². The van der Waals surface area contributed by atoms with Gasteiger partial charge in [0.25, 0.3) is 0 Å². The molecule has 0 aliphatic carbocycles. The van der Waals surface area contributed by atoms with Crippen molar-refractivity contribution in [1.29, 1.82) is 0 Å². The molecule has 3 aromatic rings. The van der Waals surface area contributed by atoms with Crippen LogP contribution in [0, 0.1) is 6.92 Å². The summed E-state index contributed by atoms with van der Waals surface area (Å²) in [5.41, 5.74) is 1.56. The Morgan fingerprint density at radius 3 is 2.54 bits per heavy atom. The molecule has 11 nitrogen and oxygen atoms in total. The smallest absolute Gasteiger partial charge is 0.215 e. The molecule has 2 aromatic heterocycles. The van der Waals surface area contributed by atoms with E-state index in [1.165, 1.54) is 0 Å². The lowest BCUT2D eigenvalue weighted by atomic mass is 10.0. The minimum Gasteiger partial charge on any atom is -0.497 e. The maximum Gasteiger partial charge on any atom is 0.215 e. The first-order chi connectivity index (χ1) is 18.4. The van der Waals surface area contributed by atoms with Crippen LogP contribution in [0.4, 0.5) is 0 Å². The molecule has 0 saturated carbocycles. The van der Waals surface area contributed by atoms with Gasteiger partial charge in [-0.1, -0.05) is 19.6 Å². The number of sulfonamides is 1. The summed E-state index contributed by atoms with van der Waals surface area (Å²) in [6.45, 7) is 11.2. The van der Waals surface area contributed by atoms with Crippen molar-refractivity contribution in [3.05, 3.63) is 47.8 Å². The minimum atomic E-state index is -3.77. The fourth-order valence-electron chi connectivity index (χ4n) is 4.55. The Morgan fingerprint density at radius 2 is 1.90 bits per heavy atom. The Hall–Kier alpha value is -2.87. The normalized spacial score (nSPS) is 16.9. The highest BCUT2D eigenvalue weighted by Crippen LogP contribution is 2.40. The number of hydrogen-bond acceptors (Lipinski definition) is 9. The Morgan fingerprint density at radius 1 is 1.18 bits per heavy atom. The number of fused-ring (bicyclic) bond motifs is 3. The van der Waals surface area contributed by atoms with E-state index in [2.05, 4.69) is 44.5 Å². The average molecular weight is 575 g/mol. The highest BCUT2D eigenvalue weighted by atomic mass is 32.2. The van der Waals surface area contributed by atoms with Gasteiger partial charge in [-0.15, -0.1) is 10.2 Å². The largest absolute Gasteiger partial charge is 0.497 e. The van der Waals surface area contributed by atoms with Crippen LogP contribution in [0.5, 0.6) is 11.5 Å². The SMILES string of the molecule is COC[C@H]1COc2ccc(OC)cc2-c2nnc(C(c3ncc(C)cn3)C(C)S(=O)(=O)NCC[Si](C)(C)C)n21. The van der Waals surface area contributed by atoms with Gasteiger partial charge >= 0.3 is 0 Å². The summed E-state index contributed by atoms with van der Waals surface area (Å²) in [5.74, 6) is 1.78. The molecule has 212 valence electrons. The van der Waals surface area contributed by atoms with Crippen molar-refractivity contribution in [3.8, 4) is 22.9 Å². The third-order valence-electron chi connectivity index (χ3n) is 6.80. The standard InChI is InChI=1S/C26H38N6O5SSi/c1-17-13-27-24(28-14-17)23(18(2)38(33,34)29-10-11-39(5,6)7)26-31-30-25-21-12-20(36-4)8-9-22(21)37-16-19(15-35-3)32(25)26/h8-9,12-14,18-19,23,29H,10-11,15-16H2,1-7H3/t18?,19-,23?/m0/s1. The number of nitrogens with one attached hydrogen (secondary N) is 1. The summed E-state index contributed by atoms with van der Waals surface area (Å²) in [7, 11) is -2.01. The van der Waals surface area contributed by atoms with Crippen LogP contribution in [0.3, 0.4) is 0 Å². The van der Waals surface area contributed by atoms with Gasteiger partial charge < -0.3 is 18.8 Å². The highest BCUT2D eigenvalue weighted by Gasteiger charge is 2.40. The number of methoxy groups -OCH3 is 2. The summed E-state index contributed by atoms with van der Waals surface area (Å²) < 4.78 is 49.2. The average Bonchev–Trinajstić information content (AvgIpc) is 3.24. The van der Waals surface area contributed by atoms with Gasteiger partial charge in [0.15, 0.2) is 5.82 Å². The molecule has 1 aromatic carbocycles. The zero-order valence-corrected chi connectivity index (χ0v) is 25.4. The van der Waals surface area contributed by atoms with E-state index in [0.29, 0.717) is 47.7 Å². The number of rotatable bonds is 11. The third kappa shape index (κ3) is 6.48. The van der Waals surface area contributed by atoms with E-state index in [1.54, 1.807) is 33.5 Å². The molecule has 4 rings (SSSR count). The maximum atomic E-state index is 13.6. The second kappa shape index (κ2) is 11.7. The van der Waals surface area contributed by atoms with Gasteiger partial charge in [0.05, 0.1) is 36.5 Å². The molecule has 1 N–H and O–H groups in total. The molecule has 39 heavy (non-hydrogen) atoms. The zero-order chi connectivity index (χ0) is 28.4. The lowest BCUT2D eigenvalue weighted by Gasteiger charge is -2.26. The molecule has 0 amide bonds. The molecule has 0 bridgehead atoms. The first-order valence-corrected chi connectivity index (χ1v) is 18.2. The Kier molecular flexibility index (Phi) is 8.74. The summed E-state index contributed by atoms with van der Waals surface area (Å²) in [6.07, 6.45) is 3.37. The van der Waals surface area contributed by atoms with Gasteiger partial charge in [0.2, 0.25) is 10.0 Å². The first kappa shape index (κ1) is 29.1. The van der Waals surface area contributed by atoms with E-state index in [-0.39, 0.29) is 12.6 Å². The van der Waals surface area contributed by atoms with E-state index in [9.17, 15) is 8.42 Å². The summed E-state index contributed by atoms with van der Waals surface area (Å²) in [6, 6.07) is 6.00.